The Balaban J connectivity index is 1.44. The summed E-state index contributed by atoms with van der Waals surface area (Å²) in [5.41, 5.74) is 0.980. The summed E-state index contributed by atoms with van der Waals surface area (Å²) in [5.74, 6) is 0.220. The molecular weight excluding hydrogens is 430 g/mol. The molecule has 2 aliphatic rings. The van der Waals surface area contributed by atoms with E-state index in [0.29, 0.717) is 12.2 Å². The Kier molecular flexibility index (Phi) is 5.96. The Hall–Kier alpha value is -2.91. The molecule has 32 heavy (non-hydrogen) atoms. The number of amides is 3. The molecule has 1 spiro atoms. The van der Waals surface area contributed by atoms with E-state index in [0.717, 1.165) is 34.7 Å². The molecule has 1 saturated heterocycles. The summed E-state index contributed by atoms with van der Waals surface area (Å²) < 4.78 is 31.1. The van der Waals surface area contributed by atoms with Crippen molar-refractivity contribution >= 4 is 22.0 Å². The lowest BCUT2D eigenvalue weighted by atomic mass is 9.84. The van der Waals surface area contributed by atoms with Crippen molar-refractivity contribution in [2.75, 3.05) is 27.2 Å². The van der Waals surface area contributed by atoms with E-state index in [9.17, 15) is 18.0 Å². The first kappa shape index (κ1) is 22.3. The number of carbonyl (C=O) groups excluding carboxylic acids is 2. The molecule has 0 saturated carbocycles. The van der Waals surface area contributed by atoms with Crippen LogP contribution in [-0.2, 0) is 26.8 Å². The number of sulfonamides is 1. The van der Waals surface area contributed by atoms with Gasteiger partial charge >= 0.3 is 6.03 Å². The highest BCUT2D eigenvalue weighted by Crippen LogP contribution is 2.38. The van der Waals surface area contributed by atoms with Gasteiger partial charge in [0.2, 0.25) is 10.0 Å². The first-order valence-electron chi connectivity index (χ1n) is 10.6. The number of imide groups is 1. The molecule has 1 N–H and O–H groups in total. The predicted octanol–water partition coefficient (Wildman–Crippen LogP) is 2.49. The minimum Gasteiger partial charge on any atom is -0.492 e. The number of aryl methyl sites for hydroxylation is 1. The van der Waals surface area contributed by atoms with E-state index in [1.165, 1.54) is 31.1 Å². The van der Waals surface area contributed by atoms with Crippen LogP contribution in [0.3, 0.4) is 0 Å². The maximum Gasteiger partial charge on any atom is 0.325 e. The molecular formula is C23H27N3O5S. The fourth-order valence-corrected chi connectivity index (χ4v) is 5.25. The standard InChI is InChI=1S/C23H27N3O5S/c1-25(2)32(29,30)19-12-10-18(11-13-19)31-16-15-26-21(27)23(24-22(26)28)14-6-5-8-17-7-3-4-9-20(17)23/h3-4,7,9-13H,5-6,8,14-16H2,1-2H3,(H,24,28)/t23-/m1/s1. The molecule has 1 heterocycles. The number of nitrogens with zero attached hydrogens (tertiary/aromatic N) is 2. The molecule has 1 atom stereocenters. The molecule has 8 nitrogen and oxygen atoms in total. The number of hydrogen-bond acceptors (Lipinski definition) is 5. The van der Waals surface area contributed by atoms with Gasteiger partial charge in [0.05, 0.1) is 11.4 Å². The highest BCUT2D eigenvalue weighted by Gasteiger charge is 2.53. The summed E-state index contributed by atoms with van der Waals surface area (Å²) in [6, 6.07) is 13.5. The van der Waals surface area contributed by atoms with Gasteiger partial charge in [0.1, 0.15) is 17.9 Å². The average molecular weight is 458 g/mol. The maximum atomic E-state index is 13.4. The quantitative estimate of drug-likeness (QED) is 0.673. The SMILES string of the molecule is CN(C)S(=O)(=O)c1ccc(OCCN2C(=O)N[C@@]3(CCCCc4ccccc43)C2=O)cc1. The third-order valence-electron chi connectivity index (χ3n) is 6.09. The van der Waals surface area contributed by atoms with Gasteiger partial charge < -0.3 is 10.1 Å². The highest BCUT2D eigenvalue weighted by atomic mass is 32.2. The number of carbonyl (C=O) groups is 2. The minimum absolute atomic E-state index is 0.104. The van der Waals surface area contributed by atoms with Gasteiger partial charge in [-0.2, -0.15) is 0 Å². The molecule has 0 bridgehead atoms. The monoisotopic (exact) mass is 457 g/mol. The second-order valence-electron chi connectivity index (χ2n) is 8.26. The van der Waals surface area contributed by atoms with Gasteiger partial charge in [-0.1, -0.05) is 24.3 Å². The molecule has 0 radical (unpaired) electrons. The maximum absolute atomic E-state index is 13.4. The van der Waals surface area contributed by atoms with Gasteiger partial charge in [-0.05, 0) is 61.1 Å². The fraction of sp³-hybridized carbons (Fsp3) is 0.391. The second-order valence-corrected chi connectivity index (χ2v) is 10.4. The lowest BCUT2D eigenvalue weighted by Gasteiger charge is -2.27. The van der Waals surface area contributed by atoms with Crippen molar-refractivity contribution in [1.29, 1.82) is 0 Å². The average Bonchev–Trinajstić information content (AvgIpc) is 2.91. The fourth-order valence-electron chi connectivity index (χ4n) is 4.35. The largest absolute Gasteiger partial charge is 0.492 e. The lowest BCUT2D eigenvalue weighted by Crippen LogP contribution is -2.44. The zero-order valence-electron chi connectivity index (χ0n) is 18.2. The molecule has 1 aliphatic heterocycles. The number of rotatable bonds is 6. The summed E-state index contributed by atoms with van der Waals surface area (Å²) in [6.07, 6.45) is 3.30. The van der Waals surface area contributed by atoms with Gasteiger partial charge in [-0.3, -0.25) is 9.69 Å². The molecule has 0 aromatic heterocycles. The summed E-state index contributed by atoms with van der Waals surface area (Å²) >= 11 is 0. The Morgan fingerprint density at radius 1 is 1.06 bits per heavy atom. The van der Waals surface area contributed by atoms with Crippen molar-refractivity contribution in [2.45, 2.75) is 36.1 Å². The number of fused-ring (bicyclic) bond motifs is 2. The van der Waals surface area contributed by atoms with E-state index in [1.807, 2.05) is 24.3 Å². The van der Waals surface area contributed by atoms with Gasteiger partial charge in [0.15, 0.2) is 0 Å². The van der Waals surface area contributed by atoms with Crippen LogP contribution in [0.5, 0.6) is 5.75 Å². The van der Waals surface area contributed by atoms with Crippen LogP contribution < -0.4 is 10.1 Å². The Labute approximate surface area is 188 Å². The van der Waals surface area contributed by atoms with Crippen LogP contribution in [0, 0.1) is 0 Å². The number of nitrogens with one attached hydrogen (secondary N) is 1. The summed E-state index contributed by atoms with van der Waals surface area (Å²) in [5, 5.41) is 2.96. The van der Waals surface area contributed by atoms with Crippen LogP contribution in [0.2, 0.25) is 0 Å². The van der Waals surface area contributed by atoms with Crippen molar-refractivity contribution in [3.8, 4) is 5.75 Å². The number of hydrogen-bond donors (Lipinski definition) is 1. The minimum atomic E-state index is -3.51. The van der Waals surface area contributed by atoms with Crippen molar-refractivity contribution in [2.24, 2.45) is 0 Å². The smallest absolute Gasteiger partial charge is 0.325 e. The van der Waals surface area contributed by atoms with E-state index < -0.39 is 21.6 Å². The van der Waals surface area contributed by atoms with E-state index in [4.69, 9.17) is 4.74 Å². The van der Waals surface area contributed by atoms with Gasteiger partial charge in [-0.25, -0.2) is 17.5 Å². The van der Waals surface area contributed by atoms with E-state index in [1.54, 1.807) is 12.1 Å². The molecule has 2 aromatic rings. The van der Waals surface area contributed by atoms with Gasteiger partial charge in [0.25, 0.3) is 5.91 Å². The van der Waals surface area contributed by atoms with E-state index >= 15 is 0 Å². The normalized spacial score (nSPS) is 20.9. The first-order valence-corrected chi connectivity index (χ1v) is 12.1. The number of benzene rings is 2. The Bertz CT molecular complexity index is 1130. The second kappa shape index (κ2) is 8.55. The molecule has 4 rings (SSSR count). The highest BCUT2D eigenvalue weighted by molar-refractivity contribution is 7.89. The summed E-state index contributed by atoms with van der Waals surface area (Å²) in [6.45, 7) is 0.211. The van der Waals surface area contributed by atoms with E-state index in [2.05, 4.69) is 5.32 Å². The van der Waals surface area contributed by atoms with Gasteiger partial charge in [0, 0.05) is 14.1 Å². The van der Waals surface area contributed by atoms with Crippen LogP contribution in [0.15, 0.2) is 53.4 Å². The Morgan fingerprint density at radius 2 is 1.78 bits per heavy atom. The Morgan fingerprint density at radius 3 is 2.50 bits per heavy atom. The molecule has 1 fully saturated rings. The lowest BCUT2D eigenvalue weighted by molar-refractivity contribution is -0.132. The van der Waals surface area contributed by atoms with Crippen molar-refractivity contribution in [1.82, 2.24) is 14.5 Å². The molecule has 0 unspecified atom stereocenters. The zero-order valence-corrected chi connectivity index (χ0v) is 19.0. The number of urea groups is 1. The molecule has 9 heteroatoms. The van der Waals surface area contributed by atoms with Crippen LogP contribution in [0.4, 0.5) is 4.79 Å². The molecule has 1 aliphatic carbocycles. The van der Waals surface area contributed by atoms with E-state index in [-0.39, 0.29) is 24.0 Å². The summed E-state index contributed by atoms with van der Waals surface area (Å²) in [4.78, 5) is 27.5. The summed E-state index contributed by atoms with van der Waals surface area (Å²) in [7, 11) is -0.574. The third kappa shape index (κ3) is 3.86. The van der Waals surface area contributed by atoms with Crippen LogP contribution in [-0.4, -0.2) is 56.8 Å². The predicted molar refractivity (Wildman–Crippen MR) is 119 cm³/mol. The van der Waals surface area contributed by atoms with Crippen LogP contribution >= 0.6 is 0 Å². The third-order valence-corrected chi connectivity index (χ3v) is 7.92. The number of ether oxygens (including phenoxy) is 1. The van der Waals surface area contributed by atoms with Crippen LogP contribution in [0.1, 0.15) is 30.4 Å². The van der Waals surface area contributed by atoms with Crippen LogP contribution in [0.25, 0.3) is 0 Å². The van der Waals surface area contributed by atoms with Crippen molar-refractivity contribution in [3.05, 3.63) is 59.7 Å². The molecule has 2 aromatic carbocycles. The van der Waals surface area contributed by atoms with Crippen molar-refractivity contribution < 1.29 is 22.7 Å². The molecule has 3 amide bonds. The van der Waals surface area contributed by atoms with Gasteiger partial charge in [-0.15, -0.1) is 0 Å². The van der Waals surface area contributed by atoms with Crippen molar-refractivity contribution in [3.63, 3.8) is 0 Å². The zero-order chi connectivity index (χ0) is 22.9. The first-order chi connectivity index (χ1) is 15.3. The topological polar surface area (TPSA) is 96.0 Å². The molecule has 170 valence electrons.